The lowest BCUT2D eigenvalue weighted by Gasteiger charge is -2.03. The maximum absolute atomic E-state index is 5.56. The van der Waals surface area contributed by atoms with Crippen LogP contribution in [0.25, 0.3) is 11.6 Å². The lowest BCUT2D eigenvalue weighted by molar-refractivity contribution is 0.371. The van der Waals surface area contributed by atoms with Gasteiger partial charge in [0.2, 0.25) is 29.3 Å². The van der Waals surface area contributed by atoms with Gasteiger partial charge in [0.05, 0.1) is 20.3 Å². The van der Waals surface area contributed by atoms with Crippen molar-refractivity contribution < 1.29 is 14.0 Å². The van der Waals surface area contributed by atoms with Gasteiger partial charge in [0.1, 0.15) is 5.88 Å². The van der Waals surface area contributed by atoms with Crippen LogP contribution in [0.4, 0.5) is 0 Å². The maximum atomic E-state index is 5.56. The van der Waals surface area contributed by atoms with E-state index in [1.165, 1.54) is 14.2 Å². The molecule has 2 aromatic heterocycles. The van der Waals surface area contributed by atoms with Crippen molar-refractivity contribution in [2.45, 2.75) is 5.88 Å². The number of hydrogen-bond donors (Lipinski definition) is 0. The maximum Gasteiger partial charge on any atom is 0.241 e. The molecule has 0 saturated carbocycles. The summed E-state index contributed by atoms with van der Waals surface area (Å²) in [5.74, 6) is 1.62. The second-order valence-corrected chi connectivity index (χ2v) is 3.19. The van der Waals surface area contributed by atoms with Crippen LogP contribution in [0.3, 0.4) is 0 Å². The zero-order chi connectivity index (χ0) is 12.3. The molecule has 2 rings (SSSR count). The summed E-state index contributed by atoms with van der Waals surface area (Å²) < 4.78 is 14.9. The van der Waals surface area contributed by atoms with Gasteiger partial charge in [0.15, 0.2) is 0 Å². The number of aromatic nitrogens is 4. The standard InChI is InChI=1S/C9H9ClN4O3/c1-15-5-3-6(16-2)12-8(11-5)9-13-7(4-10)17-14-9/h3H,4H2,1-2H3. The molecule has 0 radical (unpaired) electrons. The van der Waals surface area contributed by atoms with Crippen LogP contribution in [0.15, 0.2) is 10.6 Å². The van der Waals surface area contributed by atoms with E-state index in [1.54, 1.807) is 6.07 Å². The third-order valence-electron chi connectivity index (χ3n) is 1.88. The second kappa shape index (κ2) is 4.96. The third-order valence-corrected chi connectivity index (χ3v) is 2.11. The Labute approximate surface area is 102 Å². The van der Waals surface area contributed by atoms with Crippen molar-refractivity contribution in [2.75, 3.05) is 14.2 Å². The number of rotatable bonds is 4. The highest BCUT2D eigenvalue weighted by Crippen LogP contribution is 2.20. The van der Waals surface area contributed by atoms with E-state index in [2.05, 4.69) is 20.1 Å². The van der Waals surface area contributed by atoms with Gasteiger partial charge in [-0.2, -0.15) is 15.0 Å². The first-order valence-electron chi connectivity index (χ1n) is 4.62. The predicted molar refractivity (Wildman–Crippen MR) is 58.0 cm³/mol. The van der Waals surface area contributed by atoms with E-state index >= 15 is 0 Å². The highest BCUT2D eigenvalue weighted by atomic mass is 35.5. The molecule has 0 aliphatic heterocycles. The first kappa shape index (κ1) is 11.6. The molecule has 8 heteroatoms. The molecule has 90 valence electrons. The number of hydrogen-bond acceptors (Lipinski definition) is 7. The lowest BCUT2D eigenvalue weighted by Crippen LogP contribution is -1.98. The minimum absolute atomic E-state index is 0.133. The molecule has 0 unspecified atom stereocenters. The Balaban J connectivity index is 2.43. The first-order chi connectivity index (χ1) is 8.26. The van der Waals surface area contributed by atoms with Crippen LogP contribution in [0.1, 0.15) is 5.89 Å². The molecular weight excluding hydrogens is 248 g/mol. The fourth-order valence-electron chi connectivity index (χ4n) is 1.11. The van der Waals surface area contributed by atoms with Crippen molar-refractivity contribution in [2.24, 2.45) is 0 Å². The van der Waals surface area contributed by atoms with Gasteiger partial charge in [-0.3, -0.25) is 0 Å². The van der Waals surface area contributed by atoms with Gasteiger partial charge in [-0.05, 0) is 0 Å². The van der Waals surface area contributed by atoms with Crippen molar-refractivity contribution in [1.29, 1.82) is 0 Å². The Kier molecular flexibility index (Phi) is 3.38. The summed E-state index contributed by atoms with van der Waals surface area (Å²) in [5.41, 5.74) is 0. The molecule has 2 heterocycles. The number of ether oxygens (including phenoxy) is 2. The van der Waals surface area contributed by atoms with Gasteiger partial charge in [-0.1, -0.05) is 5.16 Å². The summed E-state index contributed by atoms with van der Waals surface area (Å²) in [6, 6.07) is 1.55. The van der Waals surface area contributed by atoms with E-state index in [1.807, 2.05) is 0 Å². The van der Waals surface area contributed by atoms with E-state index in [4.69, 9.17) is 25.6 Å². The van der Waals surface area contributed by atoms with Gasteiger partial charge < -0.3 is 14.0 Å². The number of alkyl halides is 1. The molecule has 0 amide bonds. The molecule has 0 atom stereocenters. The van der Waals surface area contributed by atoms with Gasteiger partial charge in [0.25, 0.3) is 0 Å². The average molecular weight is 257 g/mol. The smallest absolute Gasteiger partial charge is 0.241 e. The molecule has 0 bridgehead atoms. The largest absolute Gasteiger partial charge is 0.481 e. The van der Waals surface area contributed by atoms with Crippen molar-refractivity contribution in [3.8, 4) is 23.4 Å². The minimum atomic E-state index is 0.133. The summed E-state index contributed by atoms with van der Waals surface area (Å²) in [4.78, 5) is 12.2. The molecular formula is C9H9ClN4O3. The van der Waals surface area contributed by atoms with E-state index < -0.39 is 0 Å². The molecule has 0 fully saturated rings. The molecule has 17 heavy (non-hydrogen) atoms. The topological polar surface area (TPSA) is 83.2 Å². The van der Waals surface area contributed by atoms with Crippen LogP contribution < -0.4 is 9.47 Å². The molecule has 0 aliphatic rings. The predicted octanol–water partition coefficient (Wildman–Crippen LogP) is 1.28. The summed E-state index contributed by atoms with van der Waals surface area (Å²) >= 11 is 5.56. The molecule has 0 spiro atoms. The molecule has 0 aromatic carbocycles. The third kappa shape index (κ3) is 2.44. The zero-order valence-electron chi connectivity index (χ0n) is 9.18. The molecule has 0 N–H and O–H groups in total. The summed E-state index contributed by atoms with van der Waals surface area (Å²) in [5, 5.41) is 3.70. The van der Waals surface area contributed by atoms with Gasteiger partial charge >= 0.3 is 0 Å². The molecule has 0 saturated heterocycles. The highest BCUT2D eigenvalue weighted by Gasteiger charge is 2.13. The van der Waals surface area contributed by atoms with Crippen molar-refractivity contribution >= 4 is 11.6 Å². The highest BCUT2D eigenvalue weighted by molar-refractivity contribution is 6.16. The van der Waals surface area contributed by atoms with E-state index in [9.17, 15) is 0 Å². The van der Waals surface area contributed by atoms with Gasteiger partial charge in [0, 0.05) is 0 Å². The molecule has 2 aromatic rings. The normalized spacial score (nSPS) is 10.3. The van der Waals surface area contributed by atoms with Gasteiger partial charge in [-0.25, -0.2) is 0 Å². The number of methoxy groups -OCH3 is 2. The summed E-state index contributed by atoms with van der Waals surface area (Å²) in [6.07, 6.45) is 0. The monoisotopic (exact) mass is 256 g/mol. The summed E-state index contributed by atoms with van der Waals surface area (Å²) in [7, 11) is 2.98. The SMILES string of the molecule is COc1cc(OC)nc(-c2noc(CCl)n2)n1. The lowest BCUT2D eigenvalue weighted by atomic mass is 10.5. The number of halogens is 1. The Morgan fingerprint density at radius 1 is 1.12 bits per heavy atom. The second-order valence-electron chi connectivity index (χ2n) is 2.92. The van der Waals surface area contributed by atoms with Crippen LogP contribution in [0, 0.1) is 0 Å². The quantitative estimate of drug-likeness (QED) is 0.762. The average Bonchev–Trinajstić information content (AvgIpc) is 2.86. The van der Waals surface area contributed by atoms with E-state index in [0.717, 1.165) is 0 Å². The Bertz CT molecular complexity index is 494. The van der Waals surface area contributed by atoms with E-state index in [0.29, 0.717) is 17.7 Å². The van der Waals surface area contributed by atoms with E-state index in [-0.39, 0.29) is 17.5 Å². The van der Waals surface area contributed by atoms with Crippen molar-refractivity contribution in [1.82, 2.24) is 20.1 Å². The Morgan fingerprint density at radius 2 is 1.76 bits per heavy atom. The minimum Gasteiger partial charge on any atom is -0.481 e. The number of nitrogens with zero attached hydrogens (tertiary/aromatic N) is 4. The molecule has 7 nitrogen and oxygen atoms in total. The fraction of sp³-hybridized carbons (Fsp3) is 0.333. The van der Waals surface area contributed by atoms with Crippen LogP contribution in [-0.4, -0.2) is 34.3 Å². The van der Waals surface area contributed by atoms with Crippen molar-refractivity contribution in [3.63, 3.8) is 0 Å². The fourth-order valence-corrected chi connectivity index (χ4v) is 1.22. The Hall–Kier alpha value is -1.89. The van der Waals surface area contributed by atoms with Crippen molar-refractivity contribution in [3.05, 3.63) is 12.0 Å². The van der Waals surface area contributed by atoms with Crippen LogP contribution in [-0.2, 0) is 5.88 Å². The molecule has 0 aliphatic carbocycles. The zero-order valence-corrected chi connectivity index (χ0v) is 9.93. The van der Waals surface area contributed by atoms with Crippen LogP contribution >= 0.6 is 11.6 Å². The first-order valence-corrected chi connectivity index (χ1v) is 5.16. The van der Waals surface area contributed by atoms with Crippen LogP contribution in [0.2, 0.25) is 0 Å². The Morgan fingerprint density at radius 3 is 2.24 bits per heavy atom. The van der Waals surface area contributed by atoms with Crippen LogP contribution in [0.5, 0.6) is 11.8 Å². The van der Waals surface area contributed by atoms with Gasteiger partial charge in [-0.15, -0.1) is 11.6 Å². The summed E-state index contributed by atoms with van der Waals surface area (Å²) in [6.45, 7) is 0.